The molecule has 3 aromatic rings. The van der Waals surface area contributed by atoms with E-state index in [-0.39, 0.29) is 24.6 Å². The molecule has 0 bridgehead atoms. The molecule has 0 atom stereocenters. The van der Waals surface area contributed by atoms with E-state index in [0.717, 1.165) is 5.56 Å². The van der Waals surface area contributed by atoms with Crippen molar-refractivity contribution in [3.63, 3.8) is 0 Å². The fraction of sp³-hybridized carbons (Fsp3) is 0.167. The Balaban J connectivity index is 1.58. The molecule has 5 nitrogen and oxygen atoms in total. The normalized spacial score (nSPS) is 10.7. The molecule has 7 heteroatoms. The third-order valence-electron chi connectivity index (χ3n) is 3.57. The maximum absolute atomic E-state index is 13.2. The van der Waals surface area contributed by atoms with Crippen LogP contribution in [0.25, 0.3) is 11.4 Å². The maximum Gasteiger partial charge on any atom is 0.227 e. The standard InChI is InChI=1S/C18H15ClFN3O2/c1-11-5-6-14(10-15(11)19)21-16(24)7-8-17-22-18(23-25-17)12-3-2-4-13(20)9-12/h2-6,9-10H,7-8H2,1H3,(H,21,24). The minimum absolute atomic E-state index is 0.177. The highest BCUT2D eigenvalue weighted by molar-refractivity contribution is 6.31. The lowest BCUT2D eigenvalue weighted by Gasteiger charge is -2.06. The maximum atomic E-state index is 13.2. The van der Waals surface area contributed by atoms with E-state index < -0.39 is 0 Å². The van der Waals surface area contributed by atoms with Crippen LogP contribution >= 0.6 is 11.6 Å². The van der Waals surface area contributed by atoms with E-state index in [4.69, 9.17) is 16.1 Å². The molecule has 0 aliphatic rings. The van der Waals surface area contributed by atoms with Gasteiger partial charge in [0.2, 0.25) is 17.6 Å². The Bertz CT molecular complexity index is 911. The zero-order chi connectivity index (χ0) is 17.8. The summed E-state index contributed by atoms with van der Waals surface area (Å²) in [4.78, 5) is 16.2. The summed E-state index contributed by atoms with van der Waals surface area (Å²) < 4.78 is 18.3. The van der Waals surface area contributed by atoms with Crippen LogP contribution in [0.4, 0.5) is 10.1 Å². The number of halogens is 2. The Morgan fingerprint density at radius 3 is 2.88 bits per heavy atom. The van der Waals surface area contributed by atoms with Crippen molar-refractivity contribution in [2.24, 2.45) is 0 Å². The van der Waals surface area contributed by atoms with E-state index >= 15 is 0 Å². The quantitative estimate of drug-likeness (QED) is 0.732. The first kappa shape index (κ1) is 17.1. The molecule has 25 heavy (non-hydrogen) atoms. The average molecular weight is 360 g/mol. The number of hydrogen-bond donors (Lipinski definition) is 1. The van der Waals surface area contributed by atoms with Crippen LogP contribution in [-0.4, -0.2) is 16.0 Å². The number of aromatic nitrogens is 2. The largest absolute Gasteiger partial charge is 0.339 e. The van der Waals surface area contributed by atoms with Gasteiger partial charge in [0.1, 0.15) is 5.82 Å². The van der Waals surface area contributed by atoms with Crippen LogP contribution in [0.3, 0.4) is 0 Å². The van der Waals surface area contributed by atoms with E-state index in [0.29, 0.717) is 28.0 Å². The minimum Gasteiger partial charge on any atom is -0.339 e. The molecule has 2 aromatic carbocycles. The number of carbonyl (C=O) groups excluding carboxylic acids is 1. The molecule has 0 spiro atoms. The Kier molecular flexibility index (Phi) is 5.09. The summed E-state index contributed by atoms with van der Waals surface area (Å²) in [6.45, 7) is 1.89. The summed E-state index contributed by atoms with van der Waals surface area (Å²) in [6, 6.07) is 11.2. The van der Waals surface area contributed by atoms with Crippen molar-refractivity contribution in [3.8, 4) is 11.4 Å². The molecule has 128 valence electrons. The van der Waals surface area contributed by atoms with E-state index in [1.807, 2.05) is 13.0 Å². The Hall–Kier alpha value is -2.73. The van der Waals surface area contributed by atoms with Gasteiger partial charge in [0, 0.05) is 29.1 Å². The highest BCUT2D eigenvalue weighted by atomic mass is 35.5. The van der Waals surface area contributed by atoms with Gasteiger partial charge in [-0.05, 0) is 36.8 Å². The van der Waals surface area contributed by atoms with Crippen LogP contribution < -0.4 is 5.32 Å². The minimum atomic E-state index is -0.375. The van der Waals surface area contributed by atoms with Gasteiger partial charge in [-0.25, -0.2) is 4.39 Å². The van der Waals surface area contributed by atoms with Crippen LogP contribution in [0.15, 0.2) is 47.0 Å². The van der Waals surface area contributed by atoms with Crippen LogP contribution in [0.1, 0.15) is 17.9 Å². The summed E-state index contributed by atoms with van der Waals surface area (Å²) in [5.41, 5.74) is 2.09. The summed E-state index contributed by atoms with van der Waals surface area (Å²) in [6.07, 6.45) is 0.462. The molecular weight excluding hydrogens is 345 g/mol. The van der Waals surface area contributed by atoms with Gasteiger partial charge in [-0.3, -0.25) is 4.79 Å². The number of hydrogen-bond acceptors (Lipinski definition) is 4. The molecule has 0 unspecified atom stereocenters. The summed E-state index contributed by atoms with van der Waals surface area (Å²) in [7, 11) is 0. The van der Waals surface area contributed by atoms with Crippen molar-refractivity contribution in [2.45, 2.75) is 19.8 Å². The molecule has 3 rings (SSSR count). The number of carbonyl (C=O) groups is 1. The molecule has 0 aliphatic heterocycles. The molecule has 0 fully saturated rings. The third kappa shape index (κ3) is 4.42. The summed E-state index contributed by atoms with van der Waals surface area (Å²) in [5, 5.41) is 7.16. The van der Waals surface area contributed by atoms with E-state index in [9.17, 15) is 9.18 Å². The fourth-order valence-electron chi connectivity index (χ4n) is 2.22. The lowest BCUT2D eigenvalue weighted by molar-refractivity contribution is -0.116. The number of aryl methyl sites for hydroxylation is 2. The zero-order valence-electron chi connectivity index (χ0n) is 13.4. The van der Waals surface area contributed by atoms with Gasteiger partial charge in [-0.2, -0.15) is 4.98 Å². The third-order valence-corrected chi connectivity index (χ3v) is 3.98. The molecule has 0 saturated carbocycles. The predicted molar refractivity (Wildman–Crippen MR) is 92.8 cm³/mol. The zero-order valence-corrected chi connectivity index (χ0v) is 14.2. The molecule has 0 saturated heterocycles. The van der Waals surface area contributed by atoms with Crippen LogP contribution in [0.2, 0.25) is 5.02 Å². The van der Waals surface area contributed by atoms with Crippen molar-refractivity contribution in [2.75, 3.05) is 5.32 Å². The van der Waals surface area contributed by atoms with Crippen molar-refractivity contribution >= 4 is 23.2 Å². The van der Waals surface area contributed by atoms with Crippen molar-refractivity contribution in [1.29, 1.82) is 0 Å². The Morgan fingerprint density at radius 1 is 1.28 bits per heavy atom. The molecule has 0 aliphatic carbocycles. The van der Waals surface area contributed by atoms with E-state index in [1.54, 1.807) is 24.3 Å². The molecular formula is C18H15ClFN3O2. The molecule has 1 heterocycles. The number of benzene rings is 2. The number of nitrogens with zero attached hydrogens (tertiary/aromatic N) is 2. The summed E-state index contributed by atoms with van der Waals surface area (Å²) >= 11 is 6.03. The lowest BCUT2D eigenvalue weighted by atomic mass is 10.2. The van der Waals surface area contributed by atoms with Gasteiger partial charge in [0.25, 0.3) is 0 Å². The summed E-state index contributed by atoms with van der Waals surface area (Å²) in [5.74, 6) is 0.0435. The van der Waals surface area contributed by atoms with E-state index in [2.05, 4.69) is 15.5 Å². The topological polar surface area (TPSA) is 68.0 Å². The van der Waals surface area contributed by atoms with Gasteiger partial charge >= 0.3 is 0 Å². The number of rotatable bonds is 5. The predicted octanol–water partition coefficient (Wildman–Crippen LogP) is 4.41. The highest BCUT2D eigenvalue weighted by Crippen LogP contribution is 2.20. The van der Waals surface area contributed by atoms with Gasteiger partial charge in [-0.15, -0.1) is 0 Å². The van der Waals surface area contributed by atoms with E-state index in [1.165, 1.54) is 12.1 Å². The lowest BCUT2D eigenvalue weighted by Crippen LogP contribution is -2.12. The second kappa shape index (κ2) is 7.44. The Labute approximate surface area is 148 Å². The van der Waals surface area contributed by atoms with Crippen LogP contribution in [0.5, 0.6) is 0 Å². The average Bonchev–Trinajstić information content (AvgIpc) is 3.05. The SMILES string of the molecule is Cc1ccc(NC(=O)CCc2nc(-c3cccc(F)c3)no2)cc1Cl. The number of amides is 1. The van der Waals surface area contributed by atoms with Gasteiger partial charge < -0.3 is 9.84 Å². The van der Waals surface area contributed by atoms with Gasteiger partial charge in [0.15, 0.2) is 0 Å². The van der Waals surface area contributed by atoms with Crippen molar-refractivity contribution < 1.29 is 13.7 Å². The van der Waals surface area contributed by atoms with Crippen molar-refractivity contribution in [1.82, 2.24) is 10.1 Å². The van der Waals surface area contributed by atoms with Gasteiger partial charge in [0.05, 0.1) is 0 Å². The first-order valence-corrected chi connectivity index (χ1v) is 8.03. The molecule has 1 N–H and O–H groups in total. The fourth-order valence-corrected chi connectivity index (χ4v) is 2.40. The highest BCUT2D eigenvalue weighted by Gasteiger charge is 2.11. The second-order valence-electron chi connectivity index (χ2n) is 5.53. The second-order valence-corrected chi connectivity index (χ2v) is 5.94. The Morgan fingerprint density at radius 2 is 2.12 bits per heavy atom. The number of nitrogens with one attached hydrogen (secondary N) is 1. The molecule has 0 radical (unpaired) electrons. The van der Waals surface area contributed by atoms with Crippen LogP contribution in [-0.2, 0) is 11.2 Å². The molecule has 1 amide bonds. The van der Waals surface area contributed by atoms with Gasteiger partial charge in [-0.1, -0.05) is 35.0 Å². The first-order chi connectivity index (χ1) is 12.0. The monoisotopic (exact) mass is 359 g/mol. The molecule has 1 aromatic heterocycles. The van der Waals surface area contributed by atoms with Crippen molar-refractivity contribution in [3.05, 3.63) is 64.8 Å². The smallest absolute Gasteiger partial charge is 0.227 e. The number of anilines is 1. The first-order valence-electron chi connectivity index (χ1n) is 7.66. The van der Waals surface area contributed by atoms with Crippen LogP contribution in [0, 0.1) is 12.7 Å².